The number of anilines is 1. The van der Waals surface area contributed by atoms with Gasteiger partial charge in [0.25, 0.3) is 0 Å². The monoisotopic (exact) mass is 374 g/mol. The van der Waals surface area contributed by atoms with Crippen molar-refractivity contribution in [2.75, 3.05) is 36.6 Å². The molecule has 0 aliphatic carbocycles. The number of carbonyl (C=O) groups is 2. The molecule has 0 radical (unpaired) electrons. The molecule has 0 aromatic heterocycles. The van der Waals surface area contributed by atoms with Crippen LogP contribution in [-0.4, -0.2) is 53.8 Å². The van der Waals surface area contributed by atoms with Gasteiger partial charge in [0.2, 0.25) is 0 Å². The molecule has 0 bridgehead atoms. The van der Waals surface area contributed by atoms with Gasteiger partial charge in [-0.2, -0.15) is 11.8 Å². The van der Waals surface area contributed by atoms with E-state index in [0.717, 1.165) is 23.6 Å². The second-order valence-electron chi connectivity index (χ2n) is 5.63. The number of rotatable bonds is 6. The fraction of sp³-hybridized carbons (Fsp3) is 0.500. The lowest BCUT2D eigenvalue weighted by molar-refractivity contribution is -0.137. The summed E-state index contributed by atoms with van der Waals surface area (Å²) in [5.74, 6) is -2.02. The number of hydrogen-bond donors (Lipinski definition) is 3. The number of hydrogen-bond acceptors (Lipinski definition) is 5. The van der Waals surface area contributed by atoms with Crippen molar-refractivity contribution >= 4 is 29.3 Å². The van der Waals surface area contributed by atoms with Crippen LogP contribution in [0.25, 0.3) is 0 Å². The minimum atomic E-state index is -1.05. The summed E-state index contributed by atoms with van der Waals surface area (Å²) in [5.41, 5.74) is -0.896. The quantitative estimate of drug-likeness (QED) is 0.653. The van der Waals surface area contributed by atoms with Crippen molar-refractivity contribution in [3.8, 4) is 0 Å². The standard InChI is InChI=1S/C16H20F2N2O4S/c17-11-1-2-13(12(18)9-11)20-15(23)14(22)19-10-16(24-6-5-21)3-7-25-8-4-16/h1-2,9,21H,3-8,10H2,(H,19,22)(H,20,23). The molecule has 9 heteroatoms. The van der Waals surface area contributed by atoms with E-state index in [-0.39, 0.29) is 25.4 Å². The summed E-state index contributed by atoms with van der Waals surface area (Å²) in [6.45, 7) is 0.131. The summed E-state index contributed by atoms with van der Waals surface area (Å²) in [7, 11) is 0. The van der Waals surface area contributed by atoms with Crippen molar-refractivity contribution in [3.63, 3.8) is 0 Å². The second kappa shape index (κ2) is 9.12. The molecule has 0 spiro atoms. The van der Waals surface area contributed by atoms with Crippen LogP contribution in [0.5, 0.6) is 0 Å². The van der Waals surface area contributed by atoms with Gasteiger partial charge in [-0.3, -0.25) is 9.59 Å². The summed E-state index contributed by atoms with van der Waals surface area (Å²) in [4.78, 5) is 23.8. The lowest BCUT2D eigenvalue weighted by atomic mass is 9.96. The maximum atomic E-state index is 13.5. The van der Waals surface area contributed by atoms with Crippen LogP contribution in [0, 0.1) is 11.6 Å². The van der Waals surface area contributed by atoms with Crippen LogP contribution in [0.4, 0.5) is 14.5 Å². The first-order chi connectivity index (χ1) is 12.0. The molecule has 2 rings (SSSR count). The number of amides is 2. The third-order valence-corrected chi connectivity index (χ3v) is 4.85. The van der Waals surface area contributed by atoms with Gasteiger partial charge >= 0.3 is 11.8 Å². The highest BCUT2D eigenvalue weighted by atomic mass is 32.2. The molecule has 1 fully saturated rings. The minimum absolute atomic E-state index is 0.117. The van der Waals surface area contributed by atoms with Crippen LogP contribution in [-0.2, 0) is 14.3 Å². The number of aliphatic hydroxyl groups excluding tert-OH is 1. The van der Waals surface area contributed by atoms with E-state index in [1.54, 1.807) is 11.8 Å². The molecule has 138 valence electrons. The molecular formula is C16H20F2N2O4S. The van der Waals surface area contributed by atoms with Crippen molar-refractivity contribution in [1.82, 2.24) is 5.32 Å². The summed E-state index contributed by atoms with van der Waals surface area (Å²) < 4.78 is 32.1. The largest absolute Gasteiger partial charge is 0.394 e. The van der Waals surface area contributed by atoms with Crippen LogP contribution >= 0.6 is 11.8 Å². The molecule has 0 unspecified atom stereocenters. The molecule has 25 heavy (non-hydrogen) atoms. The summed E-state index contributed by atoms with van der Waals surface area (Å²) in [6.07, 6.45) is 1.37. The molecule has 1 aliphatic rings. The summed E-state index contributed by atoms with van der Waals surface area (Å²) >= 11 is 1.77. The van der Waals surface area contributed by atoms with E-state index in [2.05, 4.69) is 10.6 Å². The smallest absolute Gasteiger partial charge is 0.313 e. The second-order valence-corrected chi connectivity index (χ2v) is 6.85. The highest BCUT2D eigenvalue weighted by molar-refractivity contribution is 7.99. The van der Waals surface area contributed by atoms with E-state index in [1.165, 1.54) is 0 Å². The van der Waals surface area contributed by atoms with Gasteiger partial charge in [-0.25, -0.2) is 8.78 Å². The molecule has 1 aliphatic heterocycles. The Morgan fingerprint density at radius 3 is 2.60 bits per heavy atom. The van der Waals surface area contributed by atoms with Crippen LogP contribution in [0.1, 0.15) is 12.8 Å². The number of ether oxygens (including phenoxy) is 1. The first kappa shape index (κ1) is 19.6. The number of carbonyl (C=O) groups excluding carboxylic acids is 2. The zero-order valence-corrected chi connectivity index (χ0v) is 14.3. The predicted molar refractivity (Wildman–Crippen MR) is 90.3 cm³/mol. The summed E-state index contributed by atoms with van der Waals surface area (Å²) in [5, 5.41) is 13.5. The molecule has 3 N–H and O–H groups in total. The van der Waals surface area contributed by atoms with Gasteiger partial charge in [0.1, 0.15) is 11.6 Å². The Bertz CT molecular complexity index is 624. The SMILES string of the molecule is O=C(NCC1(OCCO)CCSCC1)C(=O)Nc1ccc(F)cc1F. The van der Waals surface area contributed by atoms with Crippen molar-refractivity contribution < 1.29 is 28.2 Å². The zero-order valence-electron chi connectivity index (χ0n) is 13.5. The maximum absolute atomic E-state index is 13.5. The Kier molecular flexibility index (Phi) is 7.15. The van der Waals surface area contributed by atoms with E-state index >= 15 is 0 Å². The molecule has 6 nitrogen and oxygen atoms in total. The van der Waals surface area contributed by atoms with Gasteiger partial charge in [-0.05, 0) is 36.5 Å². The first-order valence-electron chi connectivity index (χ1n) is 7.82. The number of halogens is 2. The van der Waals surface area contributed by atoms with Gasteiger partial charge < -0.3 is 20.5 Å². The average Bonchev–Trinajstić information content (AvgIpc) is 2.61. The van der Waals surface area contributed by atoms with E-state index in [9.17, 15) is 18.4 Å². The van der Waals surface area contributed by atoms with Crippen LogP contribution in [0.2, 0.25) is 0 Å². The summed E-state index contributed by atoms with van der Waals surface area (Å²) in [6, 6.07) is 2.64. The topological polar surface area (TPSA) is 87.7 Å². The lowest BCUT2D eigenvalue weighted by Gasteiger charge is -2.36. The van der Waals surface area contributed by atoms with E-state index in [4.69, 9.17) is 9.84 Å². The van der Waals surface area contributed by atoms with E-state index in [1.807, 2.05) is 0 Å². The normalized spacial score (nSPS) is 16.3. The highest BCUT2D eigenvalue weighted by Crippen LogP contribution is 2.30. The first-order valence-corrected chi connectivity index (χ1v) is 8.98. The Morgan fingerprint density at radius 2 is 1.96 bits per heavy atom. The highest BCUT2D eigenvalue weighted by Gasteiger charge is 2.34. The van der Waals surface area contributed by atoms with Gasteiger partial charge in [-0.15, -0.1) is 0 Å². The van der Waals surface area contributed by atoms with Gasteiger partial charge in [-0.1, -0.05) is 0 Å². The van der Waals surface area contributed by atoms with Crippen molar-refractivity contribution in [3.05, 3.63) is 29.8 Å². The maximum Gasteiger partial charge on any atom is 0.313 e. The molecule has 0 atom stereocenters. The van der Waals surface area contributed by atoms with Crippen LogP contribution < -0.4 is 10.6 Å². The Labute approximate surface area is 148 Å². The molecule has 1 aromatic carbocycles. The molecule has 1 heterocycles. The third-order valence-electron chi connectivity index (χ3n) is 3.86. The fourth-order valence-electron chi connectivity index (χ4n) is 2.47. The number of thioether (sulfide) groups is 1. The number of nitrogens with one attached hydrogen (secondary N) is 2. The Hall–Kier alpha value is -1.71. The fourth-order valence-corrected chi connectivity index (χ4v) is 3.71. The zero-order chi connectivity index (χ0) is 18.3. The predicted octanol–water partition coefficient (Wildman–Crippen LogP) is 1.29. The molecule has 1 aromatic rings. The number of aliphatic hydroxyl groups is 1. The van der Waals surface area contributed by atoms with Gasteiger partial charge in [0.05, 0.1) is 24.5 Å². The lowest BCUT2D eigenvalue weighted by Crippen LogP contribution is -2.50. The third kappa shape index (κ3) is 5.65. The van der Waals surface area contributed by atoms with E-state index < -0.39 is 29.0 Å². The van der Waals surface area contributed by atoms with E-state index in [0.29, 0.717) is 18.9 Å². The molecular weight excluding hydrogens is 354 g/mol. The Balaban J connectivity index is 1.91. The van der Waals surface area contributed by atoms with Crippen molar-refractivity contribution in [1.29, 1.82) is 0 Å². The molecule has 2 amide bonds. The van der Waals surface area contributed by atoms with Crippen molar-refractivity contribution in [2.45, 2.75) is 18.4 Å². The molecule has 1 saturated heterocycles. The Morgan fingerprint density at radius 1 is 1.24 bits per heavy atom. The average molecular weight is 374 g/mol. The number of benzene rings is 1. The van der Waals surface area contributed by atoms with Crippen LogP contribution in [0.3, 0.4) is 0 Å². The van der Waals surface area contributed by atoms with Gasteiger partial charge in [0.15, 0.2) is 0 Å². The van der Waals surface area contributed by atoms with Crippen molar-refractivity contribution in [2.24, 2.45) is 0 Å². The van der Waals surface area contributed by atoms with Gasteiger partial charge in [0, 0.05) is 12.6 Å². The minimum Gasteiger partial charge on any atom is -0.394 e. The van der Waals surface area contributed by atoms with Crippen LogP contribution in [0.15, 0.2) is 18.2 Å². The molecule has 0 saturated carbocycles.